The number of rotatable bonds is 6. The summed E-state index contributed by atoms with van der Waals surface area (Å²) in [5.74, 6) is 1.60. The van der Waals surface area contributed by atoms with Crippen molar-refractivity contribution in [1.82, 2.24) is 9.97 Å². The summed E-state index contributed by atoms with van der Waals surface area (Å²) >= 11 is 9.37. The summed E-state index contributed by atoms with van der Waals surface area (Å²) in [7, 11) is 0. The van der Waals surface area contributed by atoms with E-state index in [9.17, 15) is 0 Å². The lowest BCUT2D eigenvalue weighted by molar-refractivity contribution is 0.993. The Hall–Kier alpha value is -1.33. The molecule has 0 spiro atoms. The Morgan fingerprint density at radius 3 is 2.40 bits per heavy atom. The van der Waals surface area contributed by atoms with Gasteiger partial charge in [-0.05, 0) is 47.0 Å². The van der Waals surface area contributed by atoms with Gasteiger partial charge in [0.15, 0.2) is 0 Å². The highest BCUT2D eigenvalue weighted by atomic mass is 79.9. The number of anilines is 2. The quantitative estimate of drug-likeness (QED) is 0.823. The third-order valence-corrected chi connectivity index (χ3v) is 3.76. The maximum atomic E-state index is 5.86. The molecule has 0 saturated heterocycles. The zero-order chi connectivity index (χ0) is 14.4. The van der Waals surface area contributed by atoms with Gasteiger partial charge in [-0.15, -0.1) is 0 Å². The van der Waals surface area contributed by atoms with Crippen molar-refractivity contribution in [3.05, 3.63) is 45.7 Å². The highest BCUT2D eigenvalue weighted by molar-refractivity contribution is 9.10. The van der Waals surface area contributed by atoms with E-state index >= 15 is 0 Å². The Morgan fingerprint density at radius 2 is 1.75 bits per heavy atom. The van der Waals surface area contributed by atoms with E-state index in [-0.39, 0.29) is 0 Å². The van der Waals surface area contributed by atoms with E-state index in [0.717, 1.165) is 40.6 Å². The Bertz CT molecular complexity index is 560. The molecule has 20 heavy (non-hydrogen) atoms. The topological polar surface area (TPSA) is 49.8 Å². The molecule has 0 aliphatic carbocycles. The summed E-state index contributed by atoms with van der Waals surface area (Å²) in [5, 5.41) is 7.24. The number of hydrogen-bond acceptors (Lipinski definition) is 4. The van der Waals surface area contributed by atoms with Gasteiger partial charge in [-0.1, -0.05) is 23.7 Å². The van der Waals surface area contributed by atoms with Gasteiger partial charge in [0.2, 0.25) is 0 Å². The first-order valence-corrected chi connectivity index (χ1v) is 7.60. The Labute approximate surface area is 132 Å². The van der Waals surface area contributed by atoms with Crippen molar-refractivity contribution >= 4 is 39.2 Å². The third kappa shape index (κ3) is 4.08. The predicted octanol–water partition coefficient (Wildman–Crippen LogP) is 3.98. The van der Waals surface area contributed by atoms with Crippen molar-refractivity contribution < 1.29 is 0 Å². The smallest absolute Gasteiger partial charge is 0.145 e. The standard InChI is InChI=1S/C14H16BrClN4/c1-2-17-13-12(15)14(20-9-19-13)18-8-7-10-3-5-11(16)6-4-10/h3-6,9H,2,7-8H2,1H3,(H2,17,18,19,20). The number of benzene rings is 1. The molecule has 4 nitrogen and oxygen atoms in total. The summed E-state index contributed by atoms with van der Waals surface area (Å²) < 4.78 is 0.859. The first kappa shape index (κ1) is 15.1. The lowest BCUT2D eigenvalue weighted by Gasteiger charge is -2.10. The number of halogens is 2. The molecule has 2 N–H and O–H groups in total. The second-order valence-electron chi connectivity index (χ2n) is 4.22. The number of nitrogens with one attached hydrogen (secondary N) is 2. The van der Waals surface area contributed by atoms with E-state index in [2.05, 4.69) is 36.5 Å². The van der Waals surface area contributed by atoms with Gasteiger partial charge in [0.1, 0.15) is 22.4 Å². The highest BCUT2D eigenvalue weighted by Crippen LogP contribution is 2.26. The van der Waals surface area contributed by atoms with Crippen molar-refractivity contribution in [2.75, 3.05) is 23.7 Å². The van der Waals surface area contributed by atoms with Crippen LogP contribution in [-0.4, -0.2) is 23.1 Å². The summed E-state index contributed by atoms with van der Waals surface area (Å²) in [4.78, 5) is 8.42. The van der Waals surface area contributed by atoms with Gasteiger partial charge in [0, 0.05) is 18.1 Å². The minimum absolute atomic E-state index is 0.760. The molecular weight excluding hydrogens is 340 g/mol. The molecule has 2 rings (SSSR count). The predicted molar refractivity (Wildman–Crippen MR) is 87.5 cm³/mol. The average Bonchev–Trinajstić information content (AvgIpc) is 2.45. The number of hydrogen-bond donors (Lipinski definition) is 2. The van der Waals surface area contributed by atoms with Crippen molar-refractivity contribution in [3.63, 3.8) is 0 Å². The molecule has 0 saturated carbocycles. The maximum absolute atomic E-state index is 5.86. The lowest BCUT2D eigenvalue weighted by atomic mass is 10.1. The summed E-state index contributed by atoms with van der Waals surface area (Å²) in [5.41, 5.74) is 1.24. The van der Waals surface area contributed by atoms with Crippen LogP contribution in [0.2, 0.25) is 5.02 Å². The Morgan fingerprint density at radius 1 is 1.10 bits per heavy atom. The summed E-state index contributed by atoms with van der Waals surface area (Å²) in [6.45, 7) is 3.64. The molecule has 6 heteroatoms. The van der Waals surface area contributed by atoms with E-state index in [4.69, 9.17) is 11.6 Å². The maximum Gasteiger partial charge on any atom is 0.145 e. The molecule has 106 valence electrons. The zero-order valence-electron chi connectivity index (χ0n) is 11.2. The molecule has 0 aliphatic rings. The molecule has 0 amide bonds. The molecule has 1 aromatic heterocycles. The molecule has 0 unspecified atom stereocenters. The van der Waals surface area contributed by atoms with Crippen molar-refractivity contribution in [2.24, 2.45) is 0 Å². The van der Waals surface area contributed by atoms with Gasteiger partial charge < -0.3 is 10.6 Å². The summed E-state index contributed by atoms with van der Waals surface area (Å²) in [6.07, 6.45) is 2.46. The average molecular weight is 356 g/mol. The van der Waals surface area contributed by atoms with Crippen LogP contribution in [0.3, 0.4) is 0 Å². The van der Waals surface area contributed by atoms with E-state index < -0.39 is 0 Å². The zero-order valence-corrected chi connectivity index (χ0v) is 13.5. The fourth-order valence-electron chi connectivity index (χ4n) is 1.76. The highest BCUT2D eigenvalue weighted by Gasteiger charge is 2.07. The van der Waals surface area contributed by atoms with Crippen molar-refractivity contribution in [3.8, 4) is 0 Å². The lowest BCUT2D eigenvalue weighted by Crippen LogP contribution is -2.09. The molecule has 0 aliphatic heterocycles. The third-order valence-electron chi connectivity index (χ3n) is 2.75. The van der Waals surface area contributed by atoms with E-state index in [1.165, 1.54) is 5.56 Å². The second-order valence-corrected chi connectivity index (χ2v) is 5.45. The molecule has 1 heterocycles. The van der Waals surface area contributed by atoms with Crippen LogP contribution in [0.15, 0.2) is 35.1 Å². The van der Waals surface area contributed by atoms with Crippen molar-refractivity contribution in [2.45, 2.75) is 13.3 Å². The van der Waals surface area contributed by atoms with Gasteiger partial charge >= 0.3 is 0 Å². The van der Waals surface area contributed by atoms with Crippen LogP contribution >= 0.6 is 27.5 Å². The second kappa shape index (κ2) is 7.45. The van der Waals surface area contributed by atoms with Crippen LogP contribution in [0.25, 0.3) is 0 Å². The fraction of sp³-hybridized carbons (Fsp3) is 0.286. The summed E-state index contributed by atoms with van der Waals surface area (Å²) in [6, 6.07) is 7.87. The van der Waals surface area contributed by atoms with Crippen molar-refractivity contribution in [1.29, 1.82) is 0 Å². The van der Waals surface area contributed by atoms with Crippen LogP contribution in [0, 0.1) is 0 Å². The van der Waals surface area contributed by atoms with Gasteiger partial charge in [0.25, 0.3) is 0 Å². The van der Waals surface area contributed by atoms with Crippen LogP contribution < -0.4 is 10.6 Å². The van der Waals surface area contributed by atoms with Crippen LogP contribution in [0.4, 0.5) is 11.6 Å². The van der Waals surface area contributed by atoms with Gasteiger partial charge in [-0.2, -0.15) is 0 Å². The monoisotopic (exact) mass is 354 g/mol. The SMILES string of the molecule is CCNc1ncnc(NCCc2ccc(Cl)cc2)c1Br. The number of aromatic nitrogens is 2. The normalized spacial score (nSPS) is 10.3. The van der Waals surface area contributed by atoms with E-state index in [1.807, 2.05) is 31.2 Å². The first-order chi connectivity index (χ1) is 9.70. The van der Waals surface area contributed by atoms with E-state index in [0.29, 0.717) is 0 Å². The van der Waals surface area contributed by atoms with Crippen LogP contribution in [-0.2, 0) is 6.42 Å². The first-order valence-electron chi connectivity index (χ1n) is 6.43. The van der Waals surface area contributed by atoms with Crippen LogP contribution in [0.1, 0.15) is 12.5 Å². The molecule has 2 aromatic rings. The van der Waals surface area contributed by atoms with Crippen LogP contribution in [0.5, 0.6) is 0 Å². The minimum Gasteiger partial charge on any atom is -0.369 e. The molecule has 1 aromatic carbocycles. The molecule has 0 fully saturated rings. The molecule has 0 radical (unpaired) electrons. The fourth-order valence-corrected chi connectivity index (χ4v) is 2.37. The van der Waals surface area contributed by atoms with Gasteiger partial charge in [-0.25, -0.2) is 9.97 Å². The minimum atomic E-state index is 0.760. The van der Waals surface area contributed by atoms with E-state index in [1.54, 1.807) is 6.33 Å². The molecule has 0 bridgehead atoms. The largest absolute Gasteiger partial charge is 0.369 e. The van der Waals surface area contributed by atoms with Gasteiger partial charge in [-0.3, -0.25) is 0 Å². The molecule has 0 atom stereocenters. The number of nitrogens with zero attached hydrogens (tertiary/aromatic N) is 2. The molecular formula is C14H16BrClN4. The Balaban J connectivity index is 1.94. The Kier molecular flexibility index (Phi) is 5.61. The van der Waals surface area contributed by atoms with Gasteiger partial charge in [0.05, 0.1) is 0 Å².